The Hall–Kier alpha value is -1.95. The number of carboxylic acid groups (broad SMARTS) is 1. The molecule has 1 rings (SSSR count). The molecule has 0 aromatic carbocycles. The molecule has 0 bridgehead atoms. The number of hydrogen-bond acceptors (Lipinski definition) is 4. The number of carbonyl (C=O) groups excluding carboxylic acids is 1. The maximum absolute atomic E-state index is 11.9. The zero-order valence-corrected chi connectivity index (χ0v) is 10.4. The van der Waals surface area contributed by atoms with Crippen molar-refractivity contribution in [1.82, 2.24) is 10.3 Å². The van der Waals surface area contributed by atoms with Crippen molar-refractivity contribution in [2.75, 3.05) is 0 Å². The highest BCUT2D eigenvalue weighted by atomic mass is 16.4. The van der Waals surface area contributed by atoms with Crippen LogP contribution in [-0.2, 0) is 11.3 Å². The van der Waals surface area contributed by atoms with Gasteiger partial charge in [-0.05, 0) is 18.1 Å². The van der Waals surface area contributed by atoms with Gasteiger partial charge in [0.1, 0.15) is 6.04 Å². The van der Waals surface area contributed by atoms with E-state index in [1.165, 1.54) is 12.3 Å². The minimum Gasteiger partial charge on any atom is -0.480 e. The first-order valence-corrected chi connectivity index (χ1v) is 5.64. The van der Waals surface area contributed by atoms with Crippen molar-refractivity contribution in [3.8, 4) is 0 Å². The van der Waals surface area contributed by atoms with Gasteiger partial charge in [-0.25, -0.2) is 4.79 Å². The summed E-state index contributed by atoms with van der Waals surface area (Å²) in [6, 6.07) is 2.16. The fraction of sp³-hybridized carbons (Fsp3) is 0.417. The highest BCUT2D eigenvalue weighted by molar-refractivity contribution is 5.96. The number of carbonyl (C=O) groups is 2. The Balaban J connectivity index is 2.83. The van der Waals surface area contributed by atoms with E-state index < -0.39 is 17.9 Å². The second-order valence-electron chi connectivity index (χ2n) is 4.27. The number of nitrogens with two attached hydrogens (primary N) is 1. The molecule has 0 fully saturated rings. The Morgan fingerprint density at radius 2 is 2.17 bits per heavy atom. The van der Waals surface area contributed by atoms with Crippen molar-refractivity contribution in [3.05, 3.63) is 29.6 Å². The SMILES string of the molecule is CC(C)C(NC(=O)c1ccnc(CN)c1)C(=O)O. The van der Waals surface area contributed by atoms with Gasteiger partial charge < -0.3 is 16.2 Å². The molecule has 18 heavy (non-hydrogen) atoms. The second kappa shape index (κ2) is 6.11. The lowest BCUT2D eigenvalue weighted by Crippen LogP contribution is -2.44. The van der Waals surface area contributed by atoms with E-state index >= 15 is 0 Å². The molecule has 0 aliphatic rings. The van der Waals surface area contributed by atoms with Crippen LogP contribution in [0.15, 0.2) is 18.3 Å². The highest BCUT2D eigenvalue weighted by Gasteiger charge is 2.23. The van der Waals surface area contributed by atoms with Crippen LogP contribution in [0.3, 0.4) is 0 Å². The normalized spacial score (nSPS) is 12.2. The number of pyridine rings is 1. The van der Waals surface area contributed by atoms with Gasteiger partial charge in [-0.15, -0.1) is 0 Å². The van der Waals surface area contributed by atoms with E-state index in [-0.39, 0.29) is 12.5 Å². The number of amides is 1. The van der Waals surface area contributed by atoms with Crippen molar-refractivity contribution in [1.29, 1.82) is 0 Å². The zero-order chi connectivity index (χ0) is 13.7. The summed E-state index contributed by atoms with van der Waals surface area (Å²) in [6.07, 6.45) is 1.47. The van der Waals surface area contributed by atoms with E-state index in [0.717, 1.165) is 0 Å². The molecule has 1 aromatic heterocycles. The first kappa shape index (κ1) is 14.1. The Morgan fingerprint density at radius 1 is 1.50 bits per heavy atom. The summed E-state index contributed by atoms with van der Waals surface area (Å²) in [4.78, 5) is 26.8. The third kappa shape index (κ3) is 3.53. The minimum atomic E-state index is -1.05. The van der Waals surface area contributed by atoms with Crippen LogP contribution in [0, 0.1) is 5.92 Å². The van der Waals surface area contributed by atoms with Crippen LogP contribution < -0.4 is 11.1 Å². The van der Waals surface area contributed by atoms with E-state index in [1.54, 1.807) is 19.9 Å². The van der Waals surface area contributed by atoms with E-state index in [0.29, 0.717) is 11.3 Å². The smallest absolute Gasteiger partial charge is 0.326 e. The molecule has 98 valence electrons. The van der Waals surface area contributed by atoms with Crippen molar-refractivity contribution in [3.63, 3.8) is 0 Å². The first-order chi connectivity index (χ1) is 8.45. The van der Waals surface area contributed by atoms with Crippen LogP contribution in [0.25, 0.3) is 0 Å². The number of aromatic nitrogens is 1. The second-order valence-corrected chi connectivity index (χ2v) is 4.27. The van der Waals surface area contributed by atoms with Gasteiger partial charge in [-0.1, -0.05) is 13.8 Å². The molecule has 0 aliphatic carbocycles. The van der Waals surface area contributed by atoms with Crippen LogP contribution in [0.2, 0.25) is 0 Å². The fourth-order valence-electron chi connectivity index (χ4n) is 1.47. The minimum absolute atomic E-state index is 0.192. The summed E-state index contributed by atoms with van der Waals surface area (Å²) in [7, 11) is 0. The number of nitrogens with one attached hydrogen (secondary N) is 1. The highest BCUT2D eigenvalue weighted by Crippen LogP contribution is 2.06. The van der Waals surface area contributed by atoms with Gasteiger partial charge in [0.2, 0.25) is 0 Å². The van der Waals surface area contributed by atoms with Gasteiger partial charge in [0.15, 0.2) is 0 Å². The van der Waals surface area contributed by atoms with Crippen LogP contribution in [0.1, 0.15) is 29.9 Å². The lowest BCUT2D eigenvalue weighted by atomic mass is 10.0. The molecule has 0 saturated heterocycles. The molecular weight excluding hydrogens is 234 g/mol. The van der Waals surface area contributed by atoms with Gasteiger partial charge in [0.25, 0.3) is 5.91 Å². The van der Waals surface area contributed by atoms with Gasteiger partial charge in [0.05, 0.1) is 5.69 Å². The molecule has 1 amide bonds. The van der Waals surface area contributed by atoms with Crippen LogP contribution in [0.4, 0.5) is 0 Å². The van der Waals surface area contributed by atoms with Gasteiger partial charge >= 0.3 is 5.97 Å². The van der Waals surface area contributed by atoms with Crippen LogP contribution in [0.5, 0.6) is 0 Å². The summed E-state index contributed by atoms with van der Waals surface area (Å²) >= 11 is 0. The molecule has 1 heterocycles. The summed E-state index contributed by atoms with van der Waals surface area (Å²) < 4.78 is 0. The third-order valence-electron chi connectivity index (χ3n) is 2.51. The summed E-state index contributed by atoms with van der Waals surface area (Å²) in [5, 5.41) is 11.5. The molecule has 1 unspecified atom stereocenters. The van der Waals surface area contributed by atoms with E-state index in [9.17, 15) is 9.59 Å². The van der Waals surface area contributed by atoms with E-state index in [1.807, 2.05) is 0 Å². The largest absolute Gasteiger partial charge is 0.480 e. The number of rotatable bonds is 5. The lowest BCUT2D eigenvalue weighted by Gasteiger charge is -2.17. The monoisotopic (exact) mass is 251 g/mol. The third-order valence-corrected chi connectivity index (χ3v) is 2.51. The predicted octanol–water partition coefficient (Wildman–Crippen LogP) is 0.379. The Kier molecular flexibility index (Phi) is 4.79. The Labute approximate surface area is 105 Å². The average molecular weight is 251 g/mol. The molecule has 0 spiro atoms. The van der Waals surface area contributed by atoms with Crippen LogP contribution >= 0.6 is 0 Å². The molecular formula is C12H17N3O3. The summed E-state index contributed by atoms with van der Waals surface area (Å²) in [6.45, 7) is 3.70. The molecule has 1 aromatic rings. The molecule has 0 saturated carbocycles. The maximum Gasteiger partial charge on any atom is 0.326 e. The molecule has 0 radical (unpaired) electrons. The maximum atomic E-state index is 11.9. The topological polar surface area (TPSA) is 105 Å². The van der Waals surface area contributed by atoms with Crippen LogP contribution in [-0.4, -0.2) is 28.0 Å². The Morgan fingerprint density at radius 3 is 2.67 bits per heavy atom. The first-order valence-electron chi connectivity index (χ1n) is 5.64. The Bertz CT molecular complexity index is 446. The predicted molar refractivity (Wildman–Crippen MR) is 65.9 cm³/mol. The van der Waals surface area contributed by atoms with Gasteiger partial charge in [-0.3, -0.25) is 9.78 Å². The van der Waals surface area contributed by atoms with E-state index in [4.69, 9.17) is 10.8 Å². The number of aliphatic carboxylic acids is 1. The van der Waals surface area contributed by atoms with Crippen molar-refractivity contribution in [2.24, 2.45) is 11.7 Å². The number of carboxylic acids is 1. The number of nitrogens with zero attached hydrogens (tertiary/aromatic N) is 1. The summed E-state index contributed by atoms with van der Waals surface area (Å²) in [5.74, 6) is -1.68. The van der Waals surface area contributed by atoms with E-state index in [2.05, 4.69) is 10.3 Å². The summed E-state index contributed by atoms with van der Waals surface area (Å²) in [5.41, 5.74) is 6.37. The number of hydrogen-bond donors (Lipinski definition) is 3. The molecule has 6 nitrogen and oxygen atoms in total. The van der Waals surface area contributed by atoms with Crippen molar-refractivity contribution < 1.29 is 14.7 Å². The molecule has 4 N–H and O–H groups in total. The van der Waals surface area contributed by atoms with Gasteiger partial charge in [0, 0.05) is 18.3 Å². The van der Waals surface area contributed by atoms with Crippen molar-refractivity contribution >= 4 is 11.9 Å². The lowest BCUT2D eigenvalue weighted by molar-refractivity contribution is -0.140. The quantitative estimate of drug-likeness (QED) is 0.701. The molecule has 6 heteroatoms. The van der Waals surface area contributed by atoms with Crippen molar-refractivity contribution in [2.45, 2.75) is 26.4 Å². The molecule has 0 aliphatic heterocycles. The zero-order valence-electron chi connectivity index (χ0n) is 10.4. The fourth-order valence-corrected chi connectivity index (χ4v) is 1.47. The standard InChI is InChI=1S/C12H17N3O3/c1-7(2)10(12(17)18)15-11(16)8-3-4-14-9(5-8)6-13/h3-5,7,10H,6,13H2,1-2H3,(H,15,16)(H,17,18). The van der Waals surface area contributed by atoms with Gasteiger partial charge in [-0.2, -0.15) is 0 Å². The average Bonchev–Trinajstić information content (AvgIpc) is 2.34. The molecule has 1 atom stereocenters.